The molecule has 1 fully saturated rings. The maximum absolute atomic E-state index is 13.2. The lowest BCUT2D eigenvalue weighted by molar-refractivity contribution is -0.117. The summed E-state index contributed by atoms with van der Waals surface area (Å²) in [6.07, 6.45) is 2.77. The number of benzene rings is 2. The molecule has 1 heterocycles. The van der Waals surface area contributed by atoms with Gasteiger partial charge >= 0.3 is 0 Å². The maximum atomic E-state index is 13.2. The Morgan fingerprint density at radius 2 is 2.14 bits per heavy atom. The van der Waals surface area contributed by atoms with Gasteiger partial charge in [0.1, 0.15) is 0 Å². The van der Waals surface area contributed by atoms with E-state index in [1.54, 1.807) is 0 Å². The fourth-order valence-electron chi connectivity index (χ4n) is 3.22. The number of hydrogen-bond donors (Lipinski definition) is 2. The lowest BCUT2D eigenvalue weighted by Crippen LogP contribution is -2.45. The van der Waals surface area contributed by atoms with E-state index in [1.807, 2.05) is 31.2 Å². The quantitative estimate of drug-likeness (QED) is 0.731. The third-order valence-corrected chi connectivity index (χ3v) is 4.87. The summed E-state index contributed by atoms with van der Waals surface area (Å²) in [5, 5.41) is 2.89. The Kier molecular flexibility index (Phi) is 6.95. The minimum Gasteiger partial charge on any atom is -0.373 e. The fourth-order valence-corrected chi connectivity index (χ4v) is 3.22. The summed E-state index contributed by atoms with van der Waals surface area (Å²) in [4.78, 5) is 14.4. The molecule has 1 aliphatic heterocycles. The minimum atomic E-state index is -0.947. The summed E-state index contributed by atoms with van der Waals surface area (Å²) in [5.41, 5.74) is 8.15. The van der Waals surface area contributed by atoms with E-state index in [9.17, 15) is 13.6 Å². The van der Waals surface area contributed by atoms with E-state index in [-0.39, 0.29) is 18.1 Å². The van der Waals surface area contributed by atoms with E-state index in [0.717, 1.165) is 36.5 Å². The smallest absolute Gasteiger partial charge is 0.244 e. The van der Waals surface area contributed by atoms with Gasteiger partial charge in [-0.15, -0.1) is 0 Å². The highest BCUT2D eigenvalue weighted by molar-refractivity contribution is 5.92. The molecule has 154 valence electrons. The predicted octanol–water partition coefficient (Wildman–Crippen LogP) is 3.02. The van der Waals surface area contributed by atoms with Crippen LogP contribution in [0.5, 0.6) is 0 Å². The van der Waals surface area contributed by atoms with E-state index in [2.05, 4.69) is 10.2 Å². The van der Waals surface area contributed by atoms with Crippen LogP contribution in [0.15, 0.2) is 48.5 Å². The number of amides is 1. The Balaban J connectivity index is 1.62. The number of nitrogens with zero attached hydrogens (tertiary/aromatic N) is 1. The summed E-state index contributed by atoms with van der Waals surface area (Å²) in [6.45, 7) is 4.53. The molecule has 0 spiro atoms. The minimum absolute atomic E-state index is 0.0194. The number of anilines is 1. The average Bonchev–Trinajstić information content (AvgIpc) is 2.74. The largest absolute Gasteiger partial charge is 0.373 e. The molecule has 0 radical (unpaired) electrons. The number of carbonyl (C=O) groups excluding carboxylic acids is 1. The van der Waals surface area contributed by atoms with Crippen LogP contribution in [0.3, 0.4) is 0 Å². The molecule has 7 heteroatoms. The van der Waals surface area contributed by atoms with Crippen LogP contribution in [-0.2, 0) is 9.53 Å². The van der Waals surface area contributed by atoms with Crippen LogP contribution in [0.1, 0.15) is 24.1 Å². The average molecular weight is 401 g/mol. The molecule has 2 atom stereocenters. The Bertz CT molecular complexity index is 888. The zero-order valence-corrected chi connectivity index (χ0v) is 16.3. The van der Waals surface area contributed by atoms with E-state index in [1.165, 1.54) is 18.2 Å². The van der Waals surface area contributed by atoms with Crippen LogP contribution in [0.25, 0.3) is 6.08 Å². The van der Waals surface area contributed by atoms with Gasteiger partial charge in [0.15, 0.2) is 11.6 Å². The van der Waals surface area contributed by atoms with Crippen molar-refractivity contribution < 1.29 is 18.3 Å². The first-order valence-electron chi connectivity index (χ1n) is 9.56. The second-order valence-corrected chi connectivity index (χ2v) is 7.01. The molecule has 3 N–H and O–H groups in total. The van der Waals surface area contributed by atoms with Gasteiger partial charge in [0, 0.05) is 31.4 Å². The van der Waals surface area contributed by atoms with Gasteiger partial charge in [-0.05, 0) is 48.4 Å². The topological polar surface area (TPSA) is 67.6 Å². The molecule has 1 aliphatic rings. The van der Waals surface area contributed by atoms with Crippen molar-refractivity contribution >= 4 is 17.7 Å². The van der Waals surface area contributed by atoms with Gasteiger partial charge < -0.3 is 20.7 Å². The molecule has 3 rings (SSSR count). The summed E-state index contributed by atoms with van der Waals surface area (Å²) in [7, 11) is 0. The van der Waals surface area contributed by atoms with E-state index in [4.69, 9.17) is 10.5 Å². The van der Waals surface area contributed by atoms with Gasteiger partial charge in [0.05, 0.1) is 18.8 Å². The first kappa shape index (κ1) is 21.0. The molecular weight excluding hydrogens is 376 g/mol. The number of nitrogens with one attached hydrogen (secondary N) is 1. The van der Waals surface area contributed by atoms with Crippen LogP contribution in [0.4, 0.5) is 14.5 Å². The molecule has 2 aromatic carbocycles. The highest BCUT2D eigenvalue weighted by Gasteiger charge is 2.20. The Hall–Kier alpha value is -2.77. The summed E-state index contributed by atoms with van der Waals surface area (Å²) in [5.74, 6) is -2.18. The Morgan fingerprint density at radius 3 is 2.90 bits per heavy atom. The highest BCUT2D eigenvalue weighted by atomic mass is 19.2. The van der Waals surface area contributed by atoms with Crippen molar-refractivity contribution in [2.45, 2.75) is 19.1 Å². The molecule has 5 nitrogen and oxygen atoms in total. The Labute approximate surface area is 169 Å². The third kappa shape index (κ3) is 5.62. The number of rotatable bonds is 6. The maximum Gasteiger partial charge on any atom is 0.244 e. The third-order valence-electron chi connectivity index (χ3n) is 4.87. The summed E-state index contributed by atoms with van der Waals surface area (Å²) < 4.78 is 31.8. The van der Waals surface area contributed by atoms with E-state index in [0.29, 0.717) is 18.7 Å². The number of ether oxygens (including phenoxy) is 1. The van der Waals surface area contributed by atoms with Crippen LogP contribution >= 0.6 is 0 Å². The van der Waals surface area contributed by atoms with Crippen molar-refractivity contribution in [3.63, 3.8) is 0 Å². The first-order chi connectivity index (χ1) is 14.0. The van der Waals surface area contributed by atoms with Gasteiger partial charge in [-0.1, -0.05) is 18.2 Å². The molecule has 1 amide bonds. The van der Waals surface area contributed by atoms with Crippen molar-refractivity contribution in [3.05, 3.63) is 71.3 Å². The molecule has 1 unspecified atom stereocenters. The predicted molar refractivity (Wildman–Crippen MR) is 109 cm³/mol. The second-order valence-electron chi connectivity index (χ2n) is 7.01. The molecule has 0 aliphatic carbocycles. The van der Waals surface area contributed by atoms with Crippen LogP contribution in [-0.4, -0.2) is 38.3 Å². The van der Waals surface area contributed by atoms with Crippen molar-refractivity contribution in [2.75, 3.05) is 31.1 Å². The van der Waals surface area contributed by atoms with Gasteiger partial charge in [0.2, 0.25) is 5.91 Å². The standard InChI is InChI=1S/C22H25F2N3O2/c1-15(26-22(28)8-6-16-5-7-20(23)21(24)11-16)17-3-2-4-18(12-17)27-9-10-29-19(13-25)14-27/h2-8,11-12,15,19H,9-10,13-14,25H2,1H3,(H,26,28)/t15-,19?/m0/s1. The molecule has 0 bridgehead atoms. The molecule has 29 heavy (non-hydrogen) atoms. The molecule has 0 aromatic heterocycles. The van der Waals surface area contributed by atoms with E-state index >= 15 is 0 Å². The summed E-state index contributed by atoms with van der Waals surface area (Å²) >= 11 is 0. The van der Waals surface area contributed by atoms with Gasteiger partial charge in [-0.3, -0.25) is 4.79 Å². The normalized spacial score (nSPS) is 18.1. The number of nitrogens with two attached hydrogens (primary N) is 1. The summed E-state index contributed by atoms with van der Waals surface area (Å²) in [6, 6.07) is 11.2. The number of halogens is 2. The Morgan fingerprint density at radius 1 is 1.31 bits per heavy atom. The first-order valence-corrected chi connectivity index (χ1v) is 9.56. The van der Waals surface area contributed by atoms with Crippen molar-refractivity contribution in [1.29, 1.82) is 0 Å². The molecule has 1 saturated heterocycles. The lowest BCUT2D eigenvalue weighted by Gasteiger charge is -2.34. The zero-order chi connectivity index (χ0) is 20.8. The zero-order valence-electron chi connectivity index (χ0n) is 16.3. The highest BCUT2D eigenvalue weighted by Crippen LogP contribution is 2.22. The monoisotopic (exact) mass is 401 g/mol. The lowest BCUT2D eigenvalue weighted by atomic mass is 10.1. The van der Waals surface area contributed by atoms with Crippen LogP contribution < -0.4 is 16.0 Å². The second kappa shape index (κ2) is 9.62. The van der Waals surface area contributed by atoms with Crippen molar-refractivity contribution in [3.8, 4) is 0 Å². The van der Waals surface area contributed by atoms with Crippen LogP contribution in [0.2, 0.25) is 0 Å². The van der Waals surface area contributed by atoms with Crippen molar-refractivity contribution in [1.82, 2.24) is 5.32 Å². The van der Waals surface area contributed by atoms with Crippen molar-refractivity contribution in [2.24, 2.45) is 5.73 Å². The van der Waals surface area contributed by atoms with Gasteiger partial charge in [-0.2, -0.15) is 0 Å². The molecule has 0 saturated carbocycles. The number of carbonyl (C=O) groups is 1. The number of morpholine rings is 1. The van der Waals surface area contributed by atoms with E-state index < -0.39 is 11.6 Å². The number of hydrogen-bond acceptors (Lipinski definition) is 4. The van der Waals surface area contributed by atoms with Crippen LogP contribution in [0, 0.1) is 11.6 Å². The van der Waals surface area contributed by atoms with Gasteiger partial charge in [-0.25, -0.2) is 8.78 Å². The van der Waals surface area contributed by atoms with Gasteiger partial charge in [0.25, 0.3) is 0 Å². The SMILES string of the molecule is C[C@H](NC(=O)C=Cc1ccc(F)c(F)c1)c1cccc(N2CCOC(CN)C2)c1. The fraction of sp³-hybridized carbons (Fsp3) is 0.318. The molecule has 2 aromatic rings. The molecular formula is C22H25F2N3O2.